The molecule has 0 saturated carbocycles. The number of hydrogen-bond donors (Lipinski definition) is 1. The molecule has 0 amide bonds. The second kappa shape index (κ2) is 2.97. The number of fused-ring (bicyclic) bond motifs is 1. The highest BCUT2D eigenvalue weighted by Crippen LogP contribution is 2.35. The monoisotopic (exact) mass is 193 g/mol. The molecule has 0 saturated heterocycles. The van der Waals surface area contributed by atoms with Gasteiger partial charge in [-0.3, -0.25) is 0 Å². The summed E-state index contributed by atoms with van der Waals surface area (Å²) in [6, 6.07) is 5.29. The molecular formula is C12H16FN. The van der Waals surface area contributed by atoms with Crippen molar-refractivity contribution in [2.24, 2.45) is 5.92 Å². The molecule has 0 aromatic heterocycles. The second-order valence-corrected chi connectivity index (χ2v) is 4.73. The lowest BCUT2D eigenvalue weighted by Gasteiger charge is -2.39. The Balaban J connectivity index is 2.46. The Morgan fingerprint density at radius 1 is 1.43 bits per heavy atom. The van der Waals surface area contributed by atoms with E-state index in [1.165, 1.54) is 6.07 Å². The first-order chi connectivity index (χ1) is 6.50. The molecule has 76 valence electrons. The molecule has 1 aromatic rings. The van der Waals surface area contributed by atoms with Crippen LogP contribution in [0.2, 0.25) is 0 Å². The molecule has 0 aliphatic carbocycles. The van der Waals surface area contributed by atoms with Gasteiger partial charge in [-0.25, -0.2) is 4.39 Å². The first-order valence-electron chi connectivity index (χ1n) is 5.06. The second-order valence-electron chi connectivity index (χ2n) is 4.73. The lowest BCUT2D eigenvalue weighted by atomic mass is 9.80. The van der Waals surface area contributed by atoms with Crippen LogP contribution in [0.3, 0.4) is 0 Å². The third-order valence-electron chi connectivity index (χ3n) is 3.31. The summed E-state index contributed by atoms with van der Waals surface area (Å²) in [5, 5.41) is 3.28. The zero-order chi connectivity index (χ0) is 10.3. The topological polar surface area (TPSA) is 12.0 Å². The summed E-state index contributed by atoms with van der Waals surface area (Å²) in [5.41, 5.74) is 1.77. The van der Waals surface area contributed by atoms with Crippen molar-refractivity contribution in [1.29, 1.82) is 0 Å². The van der Waals surface area contributed by atoms with Crippen LogP contribution in [0.5, 0.6) is 0 Å². The molecule has 0 radical (unpaired) electrons. The van der Waals surface area contributed by atoms with E-state index in [0.717, 1.165) is 12.0 Å². The highest BCUT2D eigenvalue weighted by Gasteiger charge is 2.32. The predicted molar refractivity (Wildman–Crippen MR) is 57.0 cm³/mol. The third-order valence-corrected chi connectivity index (χ3v) is 3.31. The first kappa shape index (κ1) is 9.50. The van der Waals surface area contributed by atoms with Gasteiger partial charge >= 0.3 is 0 Å². The van der Waals surface area contributed by atoms with Gasteiger partial charge in [-0.05, 0) is 37.8 Å². The largest absolute Gasteiger partial charge is 0.377 e. The van der Waals surface area contributed by atoms with E-state index >= 15 is 0 Å². The van der Waals surface area contributed by atoms with Crippen LogP contribution in [0.15, 0.2) is 18.2 Å². The number of para-hydroxylation sites is 1. The molecule has 1 atom stereocenters. The van der Waals surface area contributed by atoms with E-state index in [1.54, 1.807) is 6.07 Å². The van der Waals surface area contributed by atoms with Crippen LogP contribution in [0.4, 0.5) is 10.1 Å². The van der Waals surface area contributed by atoms with Crippen molar-refractivity contribution in [3.8, 4) is 0 Å². The maximum absolute atomic E-state index is 13.5. The fourth-order valence-corrected chi connectivity index (χ4v) is 1.91. The lowest BCUT2D eigenvalue weighted by molar-refractivity contribution is 0.358. The van der Waals surface area contributed by atoms with Gasteiger partial charge in [-0.15, -0.1) is 0 Å². The summed E-state index contributed by atoms with van der Waals surface area (Å²) in [7, 11) is 0. The zero-order valence-electron chi connectivity index (χ0n) is 8.89. The Bertz CT molecular complexity index is 357. The molecule has 1 N–H and O–H groups in total. The molecule has 1 aliphatic rings. The Morgan fingerprint density at radius 2 is 2.14 bits per heavy atom. The number of halogens is 1. The first-order valence-corrected chi connectivity index (χ1v) is 5.06. The summed E-state index contributed by atoms with van der Waals surface area (Å²) in [6.45, 7) is 6.43. The minimum absolute atomic E-state index is 0.0187. The standard InChI is InChI=1S/C12H16FN/c1-8-7-9-5-4-6-10(13)11(9)14-12(8,2)3/h4-6,8,14H,7H2,1-3H3. The normalized spacial score (nSPS) is 23.9. The summed E-state index contributed by atoms with van der Waals surface area (Å²) < 4.78 is 13.5. The fourth-order valence-electron chi connectivity index (χ4n) is 1.91. The van der Waals surface area contributed by atoms with Crippen molar-refractivity contribution >= 4 is 5.69 Å². The third kappa shape index (κ3) is 1.39. The highest BCUT2D eigenvalue weighted by molar-refractivity contribution is 5.56. The summed E-state index contributed by atoms with van der Waals surface area (Å²) in [4.78, 5) is 0. The number of hydrogen-bond acceptors (Lipinski definition) is 1. The number of benzene rings is 1. The molecule has 1 nitrogen and oxygen atoms in total. The van der Waals surface area contributed by atoms with Gasteiger partial charge in [0, 0.05) is 5.54 Å². The van der Waals surface area contributed by atoms with Gasteiger partial charge in [0.1, 0.15) is 5.82 Å². The van der Waals surface area contributed by atoms with E-state index < -0.39 is 0 Å². The van der Waals surface area contributed by atoms with Crippen molar-refractivity contribution < 1.29 is 4.39 Å². The van der Waals surface area contributed by atoms with Crippen LogP contribution >= 0.6 is 0 Å². The van der Waals surface area contributed by atoms with Gasteiger partial charge in [0.2, 0.25) is 0 Å². The van der Waals surface area contributed by atoms with E-state index in [2.05, 4.69) is 26.1 Å². The van der Waals surface area contributed by atoms with Crippen LogP contribution in [0.1, 0.15) is 26.3 Å². The molecule has 0 bridgehead atoms. The van der Waals surface area contributed by atoms with Gasteiger partial charge in [0.05, 0.1) is 5.69 Å². The van der Waals surface area contributed by atoms with Crippen LogP contribution < -0.4 is 5.32 Å². The van der Waals surface area contributed by atoms with Gasteiger partial charge in [-0.2, -0.15) is 0 Å². The summed E-state index contributed by atoms with van der Waals surface area (Å²) in [5.74, 6) is 0.388. The molecule has 1 aliphatic heterocycles. The predicted octanol–water partition coefficient (Wildman–Crippen LogP) is 3.21. The van der Waals surface area contributed by atoms with Gasteiger partial charge in [-0.1, -0.05) is 19.1 Å². The van der Waals surface area contributed by atoms with Crippen LogP contribution in [-0.4, -0.2) is 5.54 Å². The van der Waals surface area contributed by atoms with Crippen LogP contribution in [-0.2, 0) is 6.42 Å². The Hall–Kier alpha value is -1.05. The van der Waals surface area contributed by atoms with E-state index in [0.29, 0.717) is 11.6 Å². The van der Waals surface area contributed by atoms with Crippen LogP contribution in [0.25, 0.3) is 0 Å². The molecule has 1 aromatic carbocycles. The van der Waals surface area contributed by atoms with E-state index in [-0.39, 0.29) is 11.4 Å². The van der Waals surface area contributed by atoms with Crippen molar-refractivity contribution in [2.75, 3.05) is 5.32 Å². The highest BCUT2D eigenvalue weighted by atomic mass is 19.1. The minimum atomic E-state index is -0.137. The molecular weight excluding hydrogens is 177 g/mol. The van der Waals surface area contributed by atoms with Crippen molar-refractivity contribution in [2.45, 2.75) is 32.7 Å². The van der Waals surface area contributed by atoms with E-state index in [9.17, 15) is 4.39 Å². The minimum Gasteiger partial charge on any atom is -0.377 e. The molecule has 14 heavy (non-hydrogen) atoms. The van der Waals surface area contributed by atoms with Crippen molar-refractivity contribution in [1.82, 2.24) is 0 Å². The molecule has 2 rings (SSSR count). The van der Waals surface area contributed by atoms with E-state index in [1.807, 2.05) is 6.07 Å². The molecule has 2 heteroatoms. The Labute approximate surface area is 84.3 Å². The average molecular weight is 193 g/mol. The zero-order valence-corrected chi connectivity index (χ0v) is 8.89. The summed E-state index contributed by atoms with van der Waals surface area (Å²) in [6.07, 6.45) is 0.951. The maximum atomic E-state index is 13.5. The van der Waals surface area contributed by atoms with Gasteiger partial charge in [0.25, 0.3) is 0 Å². The summed E-state index contributed by atoms with van der Waals surface area (Å²) >= 11 is 0. The van der Waals surface area contributed by atoms with Crippen molar-refractivity contribution in [3.63, 3.8) is 0 Å². The smallest absolute Gasteiger partial charge is 0.146 e. The Morgan fingerprint density at radius 3 is 2.86 bits per heavy atom. The quantitative estimate of drug-likeness (QED) is 0.667. The van der Waals surface area contributed by atoms with Crippen molar-refractivity contribution in [3.05, 3.63) is 29.6 Å². The Kier molecular flexibility index (Phi) is 2.02. The molecule has 0 spiro atoms. The van der Waals surface area contributed by atoms with Crippen LogP contribution in [0, 0.1) is 11.7 Å². The van der Waals surface area contributed by atoms with E-state index in [4.69, 9.17) is 0 Å². The molecule has 1 heterocycles. The maximum Gasteiger partial charge on any atom is 0.146 e. The molecule has 0 fully saturated rings. The lowest BCUT2D eigenvalue weighted by Crippen LogP contribution is -2.43. The number of anilines is 1. The molecule has 1 unspecified atom stereocenters. The average Bonchev–Trinajstić information content (AvgIpc) is 2.09. The SMILES string of the molecule is CC1Cc2cccc(F)c2NC1(C)C. The number of nitrogens with one attached hydrogen (secondary N) is 1. The van der Waals surface area contributed by atoms with Gasteiger partial charge < -0.3 is 5.32 Å². The number of rotatable bonds is 0. The van der Waals surface area contributed by atoms with Gasteiger partial charge in [0.15, 0.2) is 0 Å². The fraction of sp³-hybridized carbons (Fsp3) is 0.500.